The van der Waals surface area contributed by atoms with Gasteiger partial charge in [-0.3, -0.25) is 19.2 Å². The number of hydrogen-bond acceptors (Lipinski definition) is 7. The van der Waals surface area contributed by atoms with Crippen LogP contribution in [-0.2, 0) is 28.7 Å². The third kappa shape index (κ3) is 8.00. The summed E-state index contributed by atoms with van der Waals surface area (Å²) in [5.74, 6) is -3.41. The van der Waals surface area contributed by atoms with Crippen LogP contribution >= 0.6 is 27.5 Å². The van der Waals surface area contributed by atoms with Crippen LogP contribution in [0.2, 0.25) is 5.02 Å². The predicted octanol–water partition coefficient (Wildman–Crippen LogP) is 6.57. The lowest BCUT2D eigenvalue weighted by molar-refractivity contribution is -0.164. The number of para-hydroxylation sites is 1. The van der Waals surface area contributed by atoms with Gasteiger partial charge in [0.25, 0.3) is 5.91 Å². The second-order valence-corrected chi connectivity index (χ2v) is 15.9. The molecule has 0 aliphatic carbocycles. The number of benzene rings is 2. The molecule has 0 radical (unpaired) electrons. The summed E-state index contributed by atoms with van der Waals surface area (Å²) >= 11 is 10.5. The molecular weight excluding hydrogens is 762 g/mol. The summed E-state index contributed by atoms with van der Waals surface area (Å²) in [6.45, 7) is 11.8. The summed E-state index contributed by atoms with van der Waals surface area (Å²) in [5, 5.41) is 9.71. The number of aryl methyl sites for hydroxylation is 1. The minimum atomic E-state index is -1.32. The zero-order valence-corrected chi connectivity index (χ0v) is 33.1. The lowest BCUT2D eigenvalue weighted by atomic mass is 9.70. The number of aliphatic hydroxyl groups is 1. The number of fused-ring (bicyclic) bond motifs is 1. The Kier molecular flexibility index (Phi) is 13.6. The number of carbonyl (C=O) groups is 4. The Morgan fingerprint density at radius 3 is 2.49 bits per heavy atom. The topological polar surface area (TPSA) is 117 Å². The highest BCUT2D eigenvalue weighted by atomic mass is 79.9. The standard InChI is InChI=1S/C41H51BrClN3O7/c1-6-8-21-31(48)44(5)27(4)35(28-18-12-11-13-19-28)52-40(51)32-33-38(49)46(23-14-9-10-15-24-47)37(41(33)25-29(42)36(32)53-41)39(50)45(22-7-2)34-26(3)17-16-20-30(34)43/h6-7,11-13,16-20,27,29,32-33,35-37,47H,1-2,8-10,14-15,21-25H2,3-5H3/t27-,29?,32-,33+,35+,36-,37-,41+/m0/s1. The van der Waals surface area contributed by atoms with E-state index in [1.54, 1.807) is 40.0 Å². The Balaban J connectivity index is 1.52. The van der Waals surface area contributed by atoms with Crippen LogP contribution < -0.4 is 4.90 Å². The Labute approximate surface area is 326 Å². The number of nitrogens with zero attached hydrogens (tertiary/aromatic N) is 3. The summed E-state index contributed by atoms with van der Waals surface area (Å²) in [5.41, 5.74) is 0.699. The van der Waals surface area contributed by atoms with Crippen molar-refractivity contribution in [3.8, 4) is 0 Å². The van der Waals surface area contributed by atoms with Crippen molar-refractivity contribution in [1.82, 2.24) is 9.80 Å². The number of halogens is 2. The van der Waals surface area contributed by atoms with E-state index in [2.05, 4.69) is 29.1 Å². The van der Waals surface area contributed by atoms with Crippen molar-refractivity contribution in [2.45, 2.75) is 93.5 Å². The smallest absolute Gasteiger partial charge is 0.313 e. The normalized spacial score (nSPS) is 25.4. The number of amides is 3. The third-order valence-corrected chi connectivity index (χ3v) is 12.2. The Morgan fingerprint density at radius 2 is 1.83 bits per heavy atom. The fourth-order valence-corrected chi connectivity index (χ4v) is 9.59. The largest absolute Gasteiger partial charge is 0.455 e. The number of likely N-dealkylation sites (N-methyl/N-ethyl adjacent to an activating group) is 1. The first kappa shape index (κ1) is 40.7. The first-order chi connectivity index (χ1) is 25.4. The Morgan fingerprint density at radius 1 is 1.11 bits per heavy atom. The number of anilines is 1. The van der Waals surface area contributed by atoms with Gasteiger partial charge >= 0.3 is 5.97 Å². The molecule has 0 saturated carbocycles. The van der Waals surface area contributed by atoms with Crippen LogP contribution in [0, 0.1) is 18.8 Å². The van der Waals surface area contributed by atoms with Crippen molar-refractivity contribution in [3.63, 3.8) is 0 Å². The fourth-order valence-electron chi connectivity index (χ4n) is 8.32. The van der Waals surface area contributed by atoms with Gasteiger partial charge in [-0.25, -0.2) is 0 Å². The van der Waals surface area contributed by atoms with Gasteiger partial charge in [0.2, 0.25) is 11.8 Å². The van der Waals surface area contributed by atoms with Gasteiger partial charge in [0.1, 0.15) is 17.7 Å². The maximum atomic E-state index is 15.0. The maximum Gasteiger partial charge on any atom is 0.313 e. The SMILES string of the molecule is C=CCCC(=O)N(C)[C@@H](C)[C@@H](OC(=O)[C@@H]1[C@H]2O[C@@]3(CC2Br)[C@H](C(=O)N(CC=C)c2c(C)cccc2Cl)N(CCCCCCO)C(=O)[C@@H]13)c1ccccc1. The molecule has 3 heterocycles. The van der Waals surface area contributed by atoms with Gasteiger partial charge in [0.05, 0.1) is 34.7 Å². The summed E-state index contributed by atoms with van der Waals surface area (Å²) < 4.78 is 13.2. The summed E-state index contributed by atoms with van der Waals surface area (Å²) in [6.07, 6.45) is 5.61. The number of hydrogen-bond donors (Lipinski definition) is 1. The van der Waals surface area contributed by atoms with E-state index < -0.39 is 47.7 Å². The van der Waals surface area contributed by atoms with Crippen LogP contribution in [0.1, 0.15) is 69.1 Å². The van der Waals surface area contributed by atoms with Gasteiger partial charge in [-0.05, 0) is 56.7 Å². The molecule has 1 unspecified atom stereocenters. The molecule has 2 aromatic carbocycles. The van der Waals surface area contributed by atoms with E-state index in [0.29, 0.717) is 42.0 Å². The second-order valence-electron chi connectivity index (χ2n) is 14.3. The summed E-state index contributed by atoms with van der Waals surface area (Å²) in [6, 6.07) is 13.1. The zero-order valence-electron chi connectivity index (χ0n) is 30.8. The van der Waals surface area contributed by atoms with Gasteiger partial charge in [-0.1, -0.05) is 95.0 Å². The fraction of sp³-hybridized carbons (Fsp3) is 0.512. The van der Waals surface area contributed by atoms with Gasteiger partial charge in [-0.2, -0.15) is 0 Å². The van der Waals surface area contributed by atoms with Crippen LogP contribution in [0.15, 0.2) is 73.8 Å². The average molecular weight is 813 g/mol. The van der Waals surface area contributed by atoms with Crippen molar-refractivity contribution in [2.75, 3.05) is 31.6 Å². The number of ether oxygens (including phenoxy) is 2. The molecule has 286 valence electrons. The zero-order chi connectivity index (χ0) is 38.4. The Bertz CT molecular complexity index is 1660. The molecule has 8 atom stereocenters. The first-order valence-corrected chi connectivity index (χ1v) is 19.7. The van der Waals surface area contributed by atoms with Crippen molar-refractivity contribution < 1.29 is 33.8 Å². The van der Waals surface area contributed by atoms with Crippen molar-refractivity contribution in [2.24, 2.45) is 11.8 Å². The molecule has 3 aliphatic rings. The lowest BCUT2D eigenvalue weighted by Crippen LogP contribution is -2.57. The van der Waals surface area contributed by atoms with E-state index in [0.717, 1.165) is 18.4 Å². The highest BCUT2D eigenvalue weighted by molar-refractivity contribution is 9.09. The predicted molar refractivity (Wildman–Crippen MR) is 209 cm³/mol. The average Bonchev–Trinajstić information content (AvgIpc) is 3.74. The minimum absolute atomic E-state index is 0.0790. The van der Waals surface area contributed by atoms with E-state index in [4.69, 9.17) is 21.1 Å². The number of esters is 1. The van der Waals surface area contributed by atoms with E-state index in [9.17, 15) is 19.5 Å². The number of allylic oxidation sites excluding steroid dienone is 1. The molecule has 1 N–H and O–H groups in total. The summed E-state index contributed by atoms with van der Waals surface area (Å²) in [7, 11) is 1.69. The van der Waals surface area contributed by atoms with Crippen molar-refractivity contribution in [1.29, 1.82) is 0 Å². The van der Waals surface area contributed by atoms with E-state index in [-0.39, 0.29) is 48.7 Å². The minimum Gasteiger partial charge on any atom is -0.455 e. The van der Waals surface area contributed by atoms with Gasteiger partial charge in [0.15, 0.2) is 0 Å². The van der Waals surface area contributed by atoms with Gasteiger partial charge < -0.3 is 29.3 Å². The summed E-state index contributed by atoms with van der Waals surface area (Å²) in [4.78, 5) is 61.9. The molecule has 10 nitrogen and oxygen atoms in total. The number of aliphatic hydroxyl groups excluding tert-OH is 1. The van der Waals surface area contributed by atoms with E-state index in [1.807, 2.05) is 56.3 Å². The Hall–Kier alpha value is -3.51. The third-order valence-electron chi connectivity index (χ3n) is 11.0. The molecule has 3 aliphatic heterocycles. The van der Waals surface area contributed by atoms with E-state index in [1.165, 1.54) is 0 Å². The molecule has 3 amide bonds. The maximum absolute atomic E-state index is 15.0. The first-order valence-electron chi connectivity index (χ1n) is 18.5. The van der Waals surface area contributed by atoms with Crippen LogP contribution in [0.4, 0.5) is 5.69 Å². The molecule has 3 saturated heterocycles. The molecule has 2 bridgehead atoms. The van der Waals surface area contributed by atoms with Crippen molar-refractivity contribution >= 4 is 56.9 Å². The second kappa shape index (κ2) is 17.8. The number of unbranched alkanes of at least 4 members (excludes halogenated alkanes) is 3. The number of likely N-dealkylation sites (tertiary alicyclic amines) is 1. The quantitative estimate of drug-likeness (QED) is 0.0785. The molecule has 12 heteroatoms. The van der Waals surface area contributed by atoms with Crippen LogP contribution in [0.5, 0.6) is 0 Å². The molecule has 5 rings (SSSR count). The molecule has 2 aromatic rings. The molecule has 53 heavy (non-hydrogen) atoms. The number of carbonyl (C=O) groups excluding carboxylic acids is 4. The molecule has 0 aromatic heterocycles. The molecular formula is C41H51BrClN3O7. The van der Waals surface area contributed by atoms with Crippen LogP contribution in [0.25, 0.3) is 0 Å². The molecule has 3 fully saturated rings. The monoisotopic (exact) mass is 811 g/mol. The number of alkyl halides is 1. The van der Waals surface area contributed by atoms with Gasteiger partial charge in [0, 0.05) is 38.0 Å². The van der Waals surface area contributed by atoms with Crippen LogP contribution in [-0.4, -0.2) is 94.0 Å². The number of rotatable bonds is 18. The highest BCUT2D eigenvalue weighted by Gasteiger charge is 2.77. The van der Waals surface area contributed by atoms with Crippen LogP contribution in [0.3, 0.4) is 0 Å². The van der Waals surface area contributed by atoms with E-state index >= 15 is 4.79 Å². The molecule has 1 spiro atoms. The highest BCUT2D eigenvalue weighted by Crippen LogP contribution is 2.61. The van der Waals surface area contributed by atoms with Crippen molar-refractivity contribution in [3.05, 3.63) is 90.0 Å². The van der Waals surface area contributed by atoms with Gasteiger partial charge in [-0.15, -0.1) is 13.2 Å². The lowest BCUT2D eigenvalue weighted by Gasteiger charge is -2.38.